The standard InChI is InChI=1S/C17H36N4O2.HI/c1-5-15(2)21(4)10-9-20-17(18-3)19-8-6-11-22-13-16-7-12-23-14-16;/h15-16H,5-14H2,1-4H3,(H2,18,19,20);1H. The third-order valence-corrected chi connectivity index (χ3v) is 4.46. The van der Waals surface area contributed by atoms with Crippen molar-refractivity contribution in [2.24, 2.45) is 10.9 Å². The summed E-state index contributed by atoms with van der Waals surface area (Å²) in [7, 11) is 3.98. The summed E-state index contributed by atoms with van der Waals surface area (Å²) in [6, 6.07) is 0.620. The van der Waals surface area contributed by atoms with E-state index < -0.39 is 0 Å². The molecule has 0 radical (unpaired) electrons. The van der Waals surface area contributed by atoms with E-state index in [-0.39, 0.29) is 24.0 Å². The molecule has 0 saturated carbocycles. The van der Waals surface area contributed by atoms with Gasteiger partial charge in [0, 0.05) is 51.9 Å². The number of ether oxygens (including phenoxy) is 2. The van der Waals surface area contributed by atoms with E-state index in [4.69, 9.17) is 9.47 Å². The lowest BCUT2D eigenvalue weighted by Crippen LogP contribution is -2.42. The van der Waals surface area contributed by atoms with Crippen LogP contribution < -0.4 is 10.6 Å². The van der Waals surface area contributed by atoms with Gasteiger partial charge in [-0.05, 0) is 33.2 Å². The number of hydrogen-bond donors (Lipinski definition) is 2. The molecule has 1 saturated heterocycles. The summed E-state index contributed by atoms with van der Waals surface area (Å²) >= 11 is 0. The van der Waals surface area contributed by atoms with Gasteiger partial charge < -0.3 is 25.0 Å². The van der Waals surface area contributed by atoms with E-state index in [9.17, 15) is 0 Å². The van der Waals surface area contributed by atoms with Crippen molar-refractivity contribution in [3.8, 4) is 0 Å². The summed E-state index contributed by atoms with van der Waals surface area (Å²) in [5, 5.41) is 6.69. The predicted molar refractivity (Wildman–Crippen MR) is 112 cm³/mol. The van der Waals surface area contributed by atoms with E-state index in [0.29, 0.717) is 12.0 Å². The molecule has 0 aliphatic carbocycles. The highest BCUT2D eigenvalue weighted by Gasteiger charge is 2.15. The maximum Gasteiger partial charge on any atom is 0.191 e. The van der Waals surface area contributed by atoms with E-state index in [0.717, 1.165) is 64.9 Å². The molecule has 0 spiro atoms. The van der Waals surface area contributed by atoms with Gasteiger partial charge in [-0.2, -0.15) is 0 Å². The molecule has 0 aromatic rings. The quantitative estimate of drug-likeness (QED) is 0.216. The fraction of sp³-hybridized carbons (Fsp3) is 0.941. The molecule has 0 aromatic heterocycles. The van der Waals surface area contributed by atoms with Gasteiger partial charge in [0.25, 0.3) is 0 Å². The molecule has 1 heterocycles. The third kappa shape index (κ3) is 10.7. The molecule has 2 unspecified atom stereocenters. The van der Waals surface area contributed by atoms with Gasteiger partial charge in [-0.3, -0.25) is 4.99 Å². The van der Waals surface area contributed by atoms with Gasteiger partial charge in [0.05, 0.1) is 13.2 Å². The van der Waals surface area contributed by atoms with E-state index in [1.807, 2.05) is 7.05 Å². The molecule has 1 aliphatic heterocycles. The van der Waals surface area contributed by atoms with E-state index >= 15 is 0 Å². The maximum atomic E-state index is 5.70. The largest absolute Gasteiger partial charge is 0.381 e. The molecule has 144 valence electrons. The first-order valence-corrected chi connectivity index (χ1v) is 8.97. The summed E-state index contributed by atoms with van der Waals surface area (Å²) in [6.07, 6.45) is 3.30. The van der Waals surface area contributed by atoms with Crippen molar-refractivity contribution < 1.29 is 9.47 Å². The summed E-state index contributed by atoms with van der Waals surface area (Å²) in [6.45, 7) is 10.6. The Morgan fingerprint density at radius 1 is 1.38 bits per heavy atom. The topological polar surface area (TPSA) is 58.1 Å². The number of likely N-dealkylation sites (N-methyl/N-ethyl adjacent to an activating group) is 1. The highest BCUT2D eigenvalue weighted by atomic mass is 127. The van der Waals surface area contributed by atoms with Gasteiger partial charge in [-0.25, -0.2) is 0 Å². The lowest BCUT2D eigenvalue weighted by molar-refractivity contribution is 0.0888. The first kappa shape index (κ1) is 23.9. The highest BCUT2D eigenvalue weighted by molar-refractivity contribution is 14.0. The van der Waals surface area contributed by atoms with Gasteiger partial charge in [-0.1, -0.05) is 6.92 Å². The van der Waals surface area contributed by atoms with Crippen molar-refractivity contribution >= 4 is 29.9 Å². The van der Waals surface area contributed by atoms with Crippen molar-refractivity contribution in [2.75, 3.05) is 60.2 Å². The molecular formula is C17H37IN4O2. The first-order valence-electron chi connectivity index (χ1n) is 8.97. The fourth-order valence-electron chi connectivity index (χ4n) is 2.45. The number of nitrogens with zero attached hydrogens (tertiary/aromatic N) is 2. The summed E-state index contributed by atoms with van der Waals surface area (Å²) in [5.74, 6) is 1.46. The fourth-order valence-corrected chi connectivity index (χ4v) is 2.45. The summed E-state index contributed by atoms with van der Waals surface area (Å²) < 4.78 is 11.0. The van der Waals surface area contributed by atoms with Crippen molar-refractivity contribution in [3.63, 3.8) is 0 Å². The summed E-state index contributed by atoms with van der Waals surface area (Å²) in [4.78, 5) is 6.61. The van der Waals surface area contributed by atoms with Crippen molar-refractivity contribution in [1.82, 2.24) is 15.5 Å². The van der Waals surface area contributed by atoms with Gasteiger partial charge in [0.2, 0.25) is 0 Å². The van der Waals surface area contributed by atoms with Gasteiger partial charge in [0.15, 0.2) is 5.96 Å². The Kier molecular flexibility index (Phi) is 15.1. The van der Waals surface area contributed by atoms with Crippen LogP contribution in [0.15, 0.2) is 4.99 Å². The minimum atomic E-state index is 0. The minimum Gasteiger partial charge on any atom is -0.381 e. The Bertz CT molecular complexity index is 326. The van der Waals surface area contributed by atoms with Crippen LogP contribution in [0.3, 0.4) is 0 Å². The van der Waals surface area contributed by atoms with Gasteiger partial charge in [-0.15, -0.1) is 24.0 Å². The van der Waals surface area contributed by atoms with Crippen molar-refractivity contribution in [1.29, 1.82) is 0 Å². The number of nitrogens with one attached hydrogen (secondary N) is 2. The number of halogens is 1. The molecular weight excluding hydrogens is 419 g/mol. The second-order valence-corrected chi connectivity index (χ2v) is 6.32. The maximum absolute atomic E-state index is 5.70. The average molecular weight is 456 g/mol. The van der Waals surface area contributed by atoms with Gasteiger partial charge in [0.1, 0.15) is 0 Å². The van der Waals surface area contributed by atoms with E-state index in [2.05, 4.69) is 41.4 Å². The van der Waals surface area contributed by atoms with Crippen molar-refractivity contribution in [2.45, 2.75) is 39.2 Å². The van der Waals surface area contributed by atoms with Crippen LogP contribution in [0.25, 0.3) is 0 Å². The lowest BCUT2D eigenvalue weighted by Gasteiger charge is -2.24. The highest BCUT2D eigenvalue weighted by Crippen LogP contribution is 2.12. The Morgan fingerprint density at radius 2 is 2.12 bits per heavy atom. The number of hydrogen-bond acceptors (Lipinski definition) is 4. The Morgan fingerprint density at radius 3 is 2.75 bits per heavy atom. The second kappa shape index (κ2) is 15.2. The first-order chi connectivity index (χ1) is 11.2. The lowest BCUT2D eigenvalue weighted by atomic mass is 10.1. The molecule has 1 aliphatic rings. The van der Waals surface area contributed by atoms with Crippen LogP contribution in [0, 0.1) is 5.92 Å². The number of guanidine groups is 1. The Balaban J connectivity index is 0.00000529. The van der Waals surface area contributed by atoms with Crippen LogP contribution in [0.1, 0.15) is 33.1 Å². The van der Waals surface area contributed by atoms with Crippen LogP contribution >= 0.6 is 24.0 Å². The monoisotopic (exact) mass is 456 g/mol. The van der Waals surface area contributed by atoms with E-state index in [1.165, 1.54) is 6.42 Å². The second-order valence-electron chi connectivity index (χ2n) is 6.32. The number of aliphatic imine (C=N–C) groups is 1. The van der Waals surface area contributed by atoms with Crippen LogP contribution in [-0.4, -0.2) is 77.1 Å². The van der Waals surface area contributed by atoms with Crippen LogP contribution in [0.5, 0.6) is 0 Å². The molecule has 0 amide bonds. The minimum absolute atomic E-state index is 0. The molecule has 1 fully saturated rings. The summed E-state index contributed by atoms with van der Waals surface area (Å²) in [5.41, 5.74) is 0. The molecule has 24 heavy (non-hydrogen) atoms. The molecule has 2 N–H and O–H groups in total. The molecule has 0 bridgehead atoms. The van der Waals surface area contributed by atoms with E-state index in [1.54, 1.807) is 0 Å². The molecule has 6 nitrogen and oxygen atoms in total. The molecule has 2 atom stereocenters. The Labute approximate surface area is 165 Å². The zero-order valence-corrected chi connectivity index (χ0v) is 18.2. The van der Waals surface area contributed by atoms with Crippen molar-refractivity contribution in [3.05, 3.63) is 0 Å². The number of rotatable bonds is 11. The SMILES string of the molecule is CCC(C)N(C)CCNC(=NC)NCCCOCC1CCOC1.I. The molecule has 0 aromatic carbocycles. The zero-order valence-electron chi connectivity index (χ0n) is 15.8. The van der Waals surface area contributed by atoms with Crippen LogP contribution in [0.4, 0.5) is 0 Å². The average Bonchev–Trinajstić information content (AvgIpc) is 3.08. The smallest absolute Gasteiger partial charge is 0.191 e. The Hall–Kier alpha value is -0.120. The third-order valence-electron chi connectivity index (χ3n) is 4.46. The van der Waals surface area contributed by atoms with Crippen LogP contribution in [0.2, 0.25) is 0 Å². The van der Waals surface area contributed by atoms with Crippen LogP contribution in [-0.2, 0) is 9.47 Å². The molecule has 1 rings (SSSR count). The zero-order chi connectivity index (χ0) is 16.9. The normalized spacial score (nSPS) is 19.2. The predicted octanol–water partition coefficient (Wildman–Crippen LogP) is 1.94. The van der Waals surface area contributed by atoms with Gasteiger partial charge >= 0.3 is 0 Å². The molecule has 7 heteroatoms.